The lowest BCUT2D eigenvalue weighted by atomic mass is 10.3. The fourth-order valence-corrected chi connectivity index (χ4v) is 2.10. The number of rotatable bonds is 3. The summed E-state index contributed by atoms with van der Waals surface area (Å²) in [5.41, 5.74) is 1.24. The molecule has 2 rings (SSSR count). The van der Waals surface area contributed by atoms with Crippen molar-refractivity contribution in [1.82, 2.24) is 14.5 Å². The van der Waals surface area contributed by atoms with Gasteiger partial charge >= 0.3 is 0 Å². The maximum atomic E-state index is 9.44. The summed E-state index contributed by atoms with van der Waals surface area (Å²) in [7, 11) is 0. The molecule has 1 aliphatic heterocycles. The third kappa shape index (κ3) is 2.38. The summed E-state index contributed by atoms with van der Waals surface area (Å²) in [6.07, 6.45) is 4.56. The van der Waals surface area contributed by atoms with Gasteiger partial charge in [-0.25, -0.2) is 4.98 Å². The molecule has 0 spiro atoms. The Bertz CT molecular complexity index is 321. The lowest BCUT2D eigenvalue weighted by molar-refractivity contribution is 0.174. The fraction of sp³-hybridized carbons (Fsp3) is 0.727. The van der Waals surface area contributed by atoms with Gasteiger partial charge in [-0.15, -0.1) is 0 Å². The zero-order chi connectivity index (χ0) is 10.8. The van der Waals surface area contributed by atoms with E-state index in [1.54, 1.807) is 0 Å². The van der Waals surface area contributed by atoms with Crippen molar-refractivity contribution in [2.45, 2.75) is 39.0 Å². The van der Waals surface area contributed by atoms with Crippen molar-refractivity contribution in [3.8, 4) is 0 Å². The molecule has 1 atom stereocenters. The molecule has 1 aromatic rings. The van der Waals surface area contributed by atoms with Crippen LogP contribution in [0.15, 0.2) is 12.5 Å². The summed E-state index contributed by atoms with van der Waals surface area (Å²) in [6.45, 7) is 7.00. The van der Waals surface area contributed by atoms with Crippen LogP contribution in [-0.2, 0) is 6.54 Å². The standard InChI is InChI=1S/C11H19N3O/c1-9(2)14-8-12-5-10(14)6-13-4-3-11(15)7-13/h5,8-9,11,15H,3-4,6-7H2,1-2H3. The molecule has 1 aliphatic rings. The minimum absolute atomic E-state index is 0.138. The first-order valence-electron chi connectivity index (χ1n) is 5.58. The Labute approximate surface area is 90.5 Å². The molecule has 1 unspecified atom stereocenters. The normalized spacial score (nSPS) is 22.8. The van der Waals surface area contributed by atoms with Crippen LogP contribution in [0, 0.1) is 0 Å². The van der Waals surface area contributed by atoms with E-state index in [9.17, 15) is 5.11 Å². The van der Waals surface area contributed by atoms with Gasteiger partial charge in [0.1, 0.15) is 0 Å². The van der Waals surface area contributed by atoms with Gasteiger partial charge in [-0.3, -0.25) is 4.90 Å². The number of imidazole rings is 1. The van der Waals surface area contributed by atoms with Gasteiger partial charge in [0.25, 0.3) is 0 Å². The number of aliphatic hydroxyl groups excluding tert-OH is 1. The summed E-state index contributed by atoms with van der Waals surface area (Å²) in [5, 5.41) is 9.44. The minimum atomic E-state index is -0.138. The number of hydrogen-bond acceptors (Lipinski definition) is 3. The molecule has 4 nitrogen and oxygen atoms in total. The Kier molecular flexibility index (Phi) is 3.07. The number of aromatic nitrogens is 2. The van der Waals surface area contributed by atoms with Crippen LogP contribution in [0.3, 0.4) is 0 Å². The molecule has 1 aromatic heterocycles. The summed E-state index contributed by atoms with van der Waals surface area (Å²) >= 11 is 0. The predicted octanol–water partition coefficient (Wildman–Crippen LogP) is 1.03. The summed E-state index contributed by atoms with van der Waals surface area (Å²) in [4.78, 5) is 6.46. The molecule has 2 heterocycles. The molecule has 1 fully saturated rings. The van der Waals surface area contributed by atoms with Crippen molar-refractivity contribution in [2.75, 3.05) is 13.1 Å². The molecular weight excluding hydrogens is 190 g/mol. The van der Waals surface area contributed by atoms with Gasteiger partial charge in [0, 0.05) is 31.9 Å². The third-order valence-corrected chi connectivity index (χ3v) is 2.94. The van der Waals surface area contributed by atoms with Crippen molar-refractivity contribution in [1.29, 1.82) is 0 Å². The Morgan fingerprint density at radius 2 is 2.40 bits per heavy atom. The molecule has 0 aliphatic carbocycles. The summed E-state index contributed by atoms with van der Waals surface area (Å²) in [6, 6.07) is 0.454. The van der Waals surface area contributed by atoms with Gasteiger partial charge in [0.15, 0.2) is 0 Å². The van der Waals surface area contributed by atoms with Gasteiger partial charge in [0.05, 0.1) is 18.1 Å². The lowest BCUT2D eigenvalue weighted by Crippen LogP contribution is -2.23. The second-order valence-corrected chi connectivity index (χ2v) is 4.56. The van der Waals surface area contributed by atoms with Crippen LogP contribution in [0.25, 0.3) is 0 Å². The SMILES string of the molecule is CC(C)n1cncc1CN1CCC(O)C1. The highest BCUT2D eigenvalue weighted by molar-refractivity contribution is 5.00. The minimum Gasteiger partial charge on any atom is -0.392 e. The first kappa shape index (κ1) is 10.6. The van der Waals surface area contributed by atoms with Crippen LogP contribution in [0.4, 0.5) is 0 Å². The van der Waals surface area contributed by atoms with E-state index in [4.69, 9.17) is 0 Å². The van der Waals surface area contributed by atoms with Crippen LogP contribution in [0.1, 0.15) is 32.0 Å². The molecular formula is C11H19N3O. The smallest absolute Gasteiger partial charge is 0.0951 e. The predicted molar refractivity (Wildman–Crippen MR) is 58.5 cm³/mol. The number of nitrogens with zero attached hydrogens (tertiary/aromatic N) is 3. The summed E-state index contributed by atoms with van der Waals surface area (Å²) in [5.74, 6) is 0. The average molecular weight is 209 g/mol. The molecule has 0 radical (unpaired) electrons. The van der Waals surface area contributed by atoms with Crippen LogP contribution < -0.4 is 0 Å². The molecule has 0 saturated carbocycles. The highest BCUT2D eigenvalue weighted by Crippen LogP contribution is 2.15. The van der Waals surface area contributed by atoms with E-state index in [-0.39, 0.29) is 6.10 Å². The molecule has 15 heavy (non-hydrogen) atoms. The van der Waals surface area contributed by atoms with Crippen LogP contribution >= 0.6 is 0 Å². The van der Waals surface area contributed by atoms with E-state index in [0.29, 0.717) is 6.04 Å². The molecule has 0 amide bonds. The maximum Gasteiger partial charge on any atom is 0.0951 e. The second-order valence-electron chi connectivity index (χ2n) is 4.56. The van der Waals surface area contributed by atoms with E-state index < -0.39 is 0 Å². The highest BCUT2D eigenvalue weighted by Gasteiger charge is 2.21. The van der Waals surface area contributed by atoms with Crippen LogP contribution in [-0.4, -0.2) is 38.8 Å². The number of likely N-dealkylation sites (tertiary alicyclic amines) is 1. The molecule has 4 heteroatoms. The molecule has 0 aromatic carbocycles. The van der Waals surface area contributed by atoms with Crippen LogP contribution in [0.5, 0.6) is 0 Å². The third-order valence-electron chi connectivity index (χ3n) is 2.94. The quantitative estimate of drug-likeness (QED) is 0.808. The Hall–Kier alpha value is -0.870. The Balaban J connectivity index is 2.01. The Morgan fingerprint density at radius 3 is 3.00 bits per heavy atom. The Morgan fingerprint density at radius 1 is 1.60 bits per heavy atom. The highest BCUT2D eigenvalue weighted by atomic mass is 16.3. The molecule has 1 saturated heterocycles. The number of hydrogen-bond donors (Lipinski definition) is 1. The van der Waals surface area contributed by atoms with E-state index >= 15 is 0 Å². The monoisotopic (exact) mass is 209 g/mol. The second kappa shape index (κ2) is 4.33. The van der Waals surface area contributed by atoms with Crippen molar-refractivity contribution >= 4 is 0 Å². The van der Waals surface area contributed by atoms with Gasteiger partial charge in [-0.1, -0.05) is 0 Å². The zero-order valence-corrected chi connectivity index (χ0v) is 9.43. The first-order chi connectivity index (χ1) is 7.16. The zero-order valence-electron chi connectivity index (χ0n) is 9.43. The van der Waals surface area contributed by atoms with Crippen LogP contribution in [0.2, 0.25) is 0 Å². The molecule has 84 valence electrons. The average Bonchev–Trinajstić information content (AvgIpc) is 2.75. The maximum absolute atomic E-state index is 9.44. The number of aliphatic hydroxyl groups is 1. The first-order valence-corrected chi connectivity index (χ1v) is 5.58. The van der Waals surface area contributed by atoms with Crippen molar-refractivity contribution in [2.24, 2.45) is 0 Å². The van der Waals surface area contributed by atoms with Gasteiger partial charge in [-0.05, 0) is 20.3 Å². The van der Waals surface area contributed by atoms with Gasteiger partial charge in [0.2, 0.25) is 0 Å². The summed E-state index contributed by atoms with van der Waals surface area (Å²) < 4.78 is 2.19. The van der Waals surface area contributed by atoms with Crippen molar-refractivity contribution in [3.63, 3.8) is 0 Å². The van der Waals surface area contributed by atoms with Crippen molar-refractivity contribution in [3.05, 3.63) is 18.2 Å². The van der Waals surface area contributed by atoms with Gasteiger partial charge in [-0.2, -0.15) is 0 Å². The largest absolute Gasteiger partial charge is 0.392 e. The molecule has 1 N–H and O–H groups in total. The fourth-order valence-electron chi connectivity index (χ4n) is 2.10. The van der Waals surface area contributed by atoms with Gasteiger partial charge < -0.3 is 9.67 Å². The topological polar surface area (TPSA) is 41.3 Å². The van der Waals surface area contributed by atoms with E-state index in [1.807, 2.05) is 12.5 Å². The lowest BCUT2D eigenvalue weighted by Gasteiger charge is -2.17. The van der Waals surface area contributed by atoms with Crippen molar-refractivity contribution < 1.29 is 5.11 Å². The number of β-amino-alcohol motifs (C(OH)–C–C–N with tert-alkyl or cyclic N) is 1. The molecule has 0 bridgehead atoms. The van der Waals surface area contributed by atoms with E-state index in [1.165, 1.54) is 5.69 Å². The van der Waals surface area contributed by atoms with E-state index in [0.717, 1.165) is 26.1 Å². The van der Waals surface area contributed by atoms with E-state index in [2.05, 4.69) is 28.3 Å².